The summed E-state index contributed by atoms with van der Waals surface area (Å²) in [4.78, 5) is 0. The fourth-order valence-corrected chi connectivity index (χ4v) is 1.56. The largest absolute Gasteiger partial charge is 0.458 e. The van der Waals surface area contributed by atoms with E-state index in [1.54, 1.807) is 25.1 Å². The Hall–Kier alpha value is -1.32. The summed E-state index contributed by atoms with van der Waals surface area (Å²) < 4.78 is 18.3. The van der Waals surface area contributed by atoms with Crippen LogP contribution in [0.2, 0.25) is 5.02 Å². The number of aliphatic hydroxyl groups excluding tert-OH is 1. The second-order valence-corrected chi connectivity index (χ2v) is 3.91. The van der Waals surface area contributed by atoms with Gasteiger partial charge in [0.1, 0.15) is 23.4 Å². The lowest BCUT2D eigenvalue weighted by atomic mass is 10.2. The molecule has 0 aliphatic carbocycles. The van der Waals surface area contributed by atoms with E-state index in [1.807, 2.05) is 0 Å². The van der Waals surface area contributed by atoms with Crippen LogP contribution in [0.25, 0.3) is 11.3 Å². The van der Waals surface area contributed by atoms with Crippen LogP contribution in [0, 0.1) is 5.82 Å². The molecule has 0 bridgehead atoms. The van der Waals surface area contributed by atoms with Gasteiger partial charge >= 0.3 is 0 Å². The number of halogens is 2. The summed E-state index contributed by atoms with van der Waals surface area (Å²) >= 11 is 5.67. The maximum absolute atomic E-state index is 12.9. The van der Waals surface area contributed by atoms with Crippen LogP contribution in [-0.4, -0.2) is 5.11 Å². The van der Waals surface area contributed by atoms with Crippen molar-refractivity contribution in [1.29, 1.82) is 0 Å². The predicted octanol–water partition coefficient (Wildman–Crippen LogP) is 3.79. The van der Waals surface area contributed by atoms with Crippen molar-refractivity contribution in [2.24, 2.45) is 0 Å². The number of rotatable bonds is 2. The average molecular weight is 241 g/mol. The summed E-state index contributed by atoms with van der Waals surface area (Å²) in [7, 11) is 0. The van der Waals surface area contributed by atoms with Gasteiger partial charge in [0.25, 0.3) is 0 Å². The number of furan rings is 1. The maximum atomic E-state index is 12.9. The average Bonchev–Trinajstić information content (AvgIpc) is 2.71. The van der Waals surface area contributed by atoms with Crippen molar-refractivity contribution in [3.05, 3.63) is 46.9 Å². The lowest BCUT2D eigenvalue weighted by Gasteiger charge is -2.00. The Morgan fingerprint density at radius 1 is 1.31 bits per heavy atom. The Bertz CT molecular complexity index is 505. The van der Waals surface area contributed by atoms with Gasteiger partial charge in [-0.15, -0.1) is 0 Å². The molecule has 1 unspecified atom stereocenters. The highest BCUT2D eigenvalue weighted by Crippen LogP contribution is 2.28. The Balaban J connectivity index is 2.39. The first-order valence-electron chi connectivity index (χ1n) is 4.81. The third-order valence-corrected chi connectivity index (χ3v) is 2.53. The summed E-state index contributed by atoms with van der Waals surface area (Å²) in [5, 5.41) is 9.35. The van der Waals surface area contributed by atoms with Gasteiger partial charge in [-0.1, -0.05) is 11.6 Å². The molecule has 1 N–H and O–H groups in total. The van der Waals surface area contributed by atoms with E-state index < -0.39 is 11.9 Å². The zero-order valence-corrected chi connectivity index (χ0v) is 9.33. The first-order valence-corrected chi connectivity index (χ1v) is 5.19. The molecule has 1 atom stereocenters. The zero-order chi connectivity index (χ0) is 11.7. The summed E-state index contributed by atoms with van der Waals surface area (Å²) in [6, 6.07) is 7.73. The van der Waals surface area contributed by atoms with Crippen LogP contribution in [0.3, 0.4) is 0 Å². The van der Waals surface area contributed by atoms with Crippen LogP contribution < -0.4 is 0 Å². The third kappa shape index (κ3) is 2.10. The van der Waals surface area contributed by atoms with Crippen LogP contribution in [0.5, 0.6) is 0 Å². The van der Waals surface area contributed by atoms with E-state index in [2.05, 4.69) is 0 Å². The van der Waals surface area contributed by atoms with E-state index in [9.17, 15) is 9.50 Å². The monoisotopic (exact) mass is 240 g/mol. The standard InChI is InChI=1S/C12H10ClFO2/c1-7(15)11-4-5-12(16-11)8-2-3-10(14)9(13)6-8/h2-7,15H,1H3. The molecule has 0 saturated carbocycles. The molecule has 0 saturated heterocycles. The fraction of sp³-hybridized carbons (Fsp3) is 0.167. The molecule has 0 spiro atoms. The van der Waals surface area contributed by atoms with Crippen molar-refractivity contribution in [3.63, 3.8) is 0 Å². The lowest BCUT2D eigenvalue weighted by Crippen LogP contribution is -1.85. The van der Waals surface area contributed by atoms with E-state index in [4.69, 9.17) is 16.0 Å². The van der Waals surface area contributed by atoms with Crippen LogP contribution in [-0.2, 0) is 0 Å². The normalized spacial score (nSPS) is 12.8. The molecule has 4 heteroatoms. The fourth-order valence-electron chi connectivity index (χ4n) is 1.38. The highest BCUT2D eigenvalue weighted by atomic mass is 35.5. The van der Waals surface area contributed by atoms with Crippen molar-refractivity contribution < 1.29 is 13.9 Å². The van der Waals surface area contributed by atoms with Crippen molar-refractivity contribution >= 4 is 11.6 Å². The molecule has 16 heavy (non-hydrogen) atoms. The first-order chi connectivity index (χ1) is 7.58. The first kappa shape index (κ1) is 11.2. The molecule has 1 heterocycles. The number of hydrogen-bond donors (Lipinski definition) is 1. The van der Waals surface area contributed by atoms with Crippen molar-refractivity contribution in [2.75, 3.05) is 0 Å². The smallest absolute Gasteiger partial charge is 0.141 e. The van der Waals surface area contributed by atoms with Gasteiger partial charge in [0.05, 0.1) is 5.02 Å². The van der Waals surface area contributed by atoms with Gasteiger partial charge < -0.3 is 9.52 Å². The summed E-state index contributed by atoms with van der Waals surface area (Å²) in [6.07, 6.45) is -0.662. The summed E-state index contributed by atoms with van der Waals surface area (Å²) in [5.74, 6) is 0.556. The Labute approximate surface area is 97.3 Å². The van der Waals surface area contributed by atoms with Gasteiger partial charge in [0.15, 0.2) is 0 Å². The van der Waals surface area contributed by atoms with E-state index in [1.165, 1.54) is 12.1 Å². The number of aliphatic hydroxyl groups is 1. The lowest BCUT2D eigenvalue weighted by molar-refractivity contribution is 0.170. The molecule has 1 aromatic heterocycles. The number of hydrogen-bond acceptors (Lipinski definition) is 2. The SMILES string of the molecule is CC(O)c1ccc(-c2ccc(F)c(Cl)c2)o1. The van der Waals surface area contributed by atoms with E-state index >= 15 is 0 Å². The molecule has 0 amide bonds. The molecule has 2 nitrogen and oxygen atoms in total. The van der Waals surface area contributed by atoms with Crippen LogP contribution in [0.15, 0.2) is 34.7 Å². The Kier molecular flexibility index (Phi) is 2.99. The quantitative estimate of drug-likeness (QED) is 0.866. The van der Waals surface area contributed by atoms with Gasteiger partial charge in [-0.05, 0) is 37.3 Å². The van der Waals surface area contributed by atoms with E-state index in [-0.39, 0.29) is 5.02 Å². The van der Waals surface area contributed by atoms with Crippen LogP contribution in [0.1, 0.15) is 18.8 Å². The molecule has 2 rings (SSSR count). The molecule has 0 aliphatic rings. The summed E-state index contributed by atoms with van der Waals surface area (Å²) in [6.45, 7) is 1.61. The van der Waals surface area contributed by atoms with Crippen molar-refractivity contribution in [2.45, 2.75) is 13.0 Å². The van der Waals surface area contributed by atoms with E-state index in [0.29, 0.717) is 17.1 Å². The minimum Gasteiger partial charge on any atom is -0.458 e. The highest BCUT2D eigenvalue weighted by molar-refractivity contribution is 6.31. The van der Waals surface area contributed by atoms with Crippen LogP contribution >= 0.6 is 11.6 Å². The second kappa shape index (κ2) is 4.28. The van der Waals surface area contributed by atoms with Gasteiger partial charge in [0, 0.05) is 5.56 Å². The van der Waals surface area contributed by atoms with Crippen LogP contribution in [0.4, 0.5) is 4.39 Å². The minimum absolute atomic E-state index is 0.0486. The van der Waals surface area contributed by atoms with Crippen molar-refractivity contribution in [3.8, 4) is 11.3 Å². The molecule has 2 aromatic rings. The molecule has 84 valence electrons. The van der Waals surface area contributed by atoms with Gasteiger partial charge in [-0.2, -0.15) is 0 Å². The molecule has 0 fully saturated rings. The molecular weight excluding hydrogens is 231 g/mol. The zero-order valence-electron chi connectivity index (χ0n) is 8.58. The third-order valence-electron chi connectivity index (χ3n) is 2.24. The van der Waals surface area contributed by atoms with Crippen molar-refractivity contribution in [1.82, 2.24) is 0 Å². The maximum Gasteiger partial charge on any atom is 0.141 e. The van der Waals surface area contributed by atoms with E-state index in [0.717, 1.165) is 0 Å². The topological polar surface area (TPSA) is 33.4 Å². The Morgan fingerprint density at radius 2 is 2.06 bits per heavy atom. The number of benzene rings is 1. The predicted molar refractivity (Wildman–Crippen MR) is 59.7 cm³/mol. The Morgan fingerprint density at radius 3 is 2.62 bits per heavy atom. The molecule has 0 radical (unpaired) electrons. The van der Waals surface area contributed by atoms with Gasteiger partial charge in [0.2, 0.25) is 0 Å². The molecular formula is C12H10ClFO2. The van der Waals surface area contributed by atoms with Gasteiger partial charge in [-0.25, -0.2) is 4.39 Å². The second-order valence-electron chi connectivity index (χ2n) is 3.51. The minimum atomic E-state index is -0.662. The molecule has 1 aromatic carbocycles. The highest BCUT2D eigenvalue weighted by Gasteiger charge is 2.10. The van der Waals surface area contributed by atoms with Gasteiger partial charge in [-0.3, -0.25) is 0 Å². The molecule has 0 aliphatic heterocycles. The summed E-state index contributed by atoms with van der Waals surface area (Å²) in [5.41, 5.74) is 0.679.